The van der Waals surface area contributed by atoms with Crippen molar-refractivity contribution in [2.45, 2.75) is 57.4 Å². The van der Waals surface area contributed by atoms with Gasteiger partial charge in [-0.05, 0) is 50.3 Å². The van der Waals surface area contributed by atoms with Gasteiger partial charge in [0.1, 0.15) is 0 Å². The topological polar surface area (TPSA) is 32.3 Å². The van der Waals surface area contributed by atoms with Crippen LogP contribution in [0.5, 0.6) is 0 Å². The zero-order valence-electron chi connectivity index (χ0n) is 14.2. The molecule has 1 heterocycles. The molecule has 1 atom stereocenters. The number of benzene rings is 1. The second-order valence-electron chi connectivity index (χ2n) is 7.25. The molecule has 126 valence electrons. The molecule has 1 N–H and O–H groups in total. The molecule has 1 amide bonds. The van der Waals surface area contributed by atoms with Crippen molar-refractivity contribution in [3.8, 4) is 0 Å². The first-order valence-electron chi connectivity index (χ1n) is 9.38. The highest BCUT2D eigenvalue weighted by molar-refractivity contribution is 5.76. The molecule has 0 spiro atoms. The number of likely N-dealkylation sites (tertiary alicyclic amines) is 1. The van der Waals surface area contributed by atoms with Crippen LogP contribution in [0.15, 0.2) is 30.3 Å². The van der Waals surface area contributed by atoms with Crippen molar-refractivity contribution < 1.29 is 4.79 Å². The second-order valence-corrected chi connectivity index (χ2v) is 7.25. The van der Waals surface area contributed by atoms with Crippen molar-refractivity contribution in [2.24, 2.45) is 5.92 Å². The number of rotatable bonds is 6. The van der Waals surface area contributed by atoms with Crippen LogP contribution in [0.2, 0.25) is 0 Å². The third-order valence-corrected chi connectivity index (χ3v) is 5.38. The third kappa shape index (κ3) is 5.07. The van der Waals surface area contributed by atoms with E-state index < -0.39 is 0 Å². The van der Waals surface area contributed by atoms with Gasteiger partial charge in [0.15, 0.2) is 0 Å². The Labute approximate surface area is 140 Å². The van der Waals surface area contributed by atoms with Gasteiger partial charge in [0.2, 0.25) is 5.91 Å². The maximum absolute atomic E-state index is 12.5. The van der Waals surface area contributed by atoms with Gasteiger partial charge in [-0.2, -0.15) is 0 Å². The summed E-state index contributed by atoms with van der Waals surface area (Å²) in [5.74, 6) is 0.844. The largest absolute Gasteiger partial charge is 0.348 e. The van der Waals surface area contributed by atoms with Crippen LogP contribution < -0.4 is 5.32 Å². The lowest BCUT2D eigenvalue weighted by Gasteiger charge is -2.26. The predicted octanol–water partition coefficient (Wildman–Crippen LogP) is 3.91. The average Bonchev–Trinajstić information content (AvgIpc) is 3.09. The van der Waals surface area contributed by atoms with Gasteiger partial charge < -0.3 is 10.2 Å². The van der Waals surface area contributed by atoms with Crippen molar-refractivity contribution in [2.75, 3.05) is 19.6 Å². The van der Waals surface area contributed by atoms with E-state index in [1.165, 1.54) is 63.6 Å². The van der Waals surface area contributed by atoms with Crippen LogP contribution in [0, 0.1) is 5.92 Å². The number of hydrogen-bond acceptors (Lipinski definition) is 2. The summed E-state index contributed by atoms with van der Waals surface area (Å²) in [6.45, 7) is 3.28. The summed E-state index contributed by atoms with van der Waals surface area (Å²) in [6.07, 6.45) is 9.70. The summed E-state index contributed by atoms with van der Waals surface area (Å²) in [4.78, 5) is 15.0. The van der Waals surface area contributed by atoms with Gasteiger partial charge in [0, 0.05) is 13.0 Å². The number of carbonyl (C=O) groups excluding carboxylic acids is 1. The number of carbonyl (C=O) groups is 1. The molecule has 0 aromatic heterocycles. The maximum atomic E-state index is 12.5. The van der Waals surface area contributed by atoms with Crippen LogP contribution in [0.4, 0.5) is 0 Å². The number of nitrogens with one attached hydrogen (secondary N) is 1. The molecule has 2 fully saturated rings. The standard InChI is InChI=1S/C20H30N2O/c23-20(15-17-9-3-1-4-10-17)21-19(16-22-13-7-8-14-22)18-11-5-2-6-12-18/h2,5-6,11-12,17,19H,1,3-4,7-10,13-16H2,(H,21,23). The molecule has 1 aliphatic heterocycles. The van der Waals surface area contributed by atoms with Crippen LogP contribution in [-0.2, 0) is 4.79 Å². The summed E-state index contributed by atoms with van der Waals surface area (Å²) in [5, 5.41) is 3.33. The minimum atomic E-state index is 0.130. The Morgan fingerprint density at radius 3 is 2.43 bits per heavy atom. The Balaban J connectivity index is 1.59. The van der Waals surface area contributed by atoms with Gasteiger partial charge in [-0.1, -0.05) is 49.6 Å². The van der Waals surface area contributed by atoms with E-state index in [9.17, 15) is 4.79 Å². The maximum Gasteiger partial charge on any atom is 0.220 e. The highest BCUT2D eigenvalue weighted by Gasteiger charge is 2.22. The van der Waals surface area contributed by atoms with Gasteiger partial charge in [-0.3, -0.25) is 4.79 Å². The smallest absolute Gasteiger partial charge is 0.220 e. The molecular weight excluding hydrogens is 284 g/mol. The number of nitrogens with zero attached hydrogens (tertiary/aromatic N) is 1. The van der Waals surface area contributed by atoms with Crippen LogP contribution in [0.3, 0.4) is 0 Å². The summed E-state index contributed by atoms with van der Waals surface area (Å²) < 4.78 is 0. The minimum Gasteiger partial charge on any atom is -0.348 e. The van der Waals surface area contributed by atoms with E-state index in [2.05, 4.69) is 34.5 Å². The van der Waals surface area contributed by atoms with Crippen molar-refractivity contribution in [3.05, 3.63) is 35.9 Å². The van der Waals surface area contributed by atoms with Crippen LogP contribution in [0.25, 0.3) is 0 Å². The monoisotopic (exact) mass is 314 g/mol. The number of hydrogen-bond donors (Lipinski definition) is 1. The Morgan fingerprint density at radius 2 is 1.74 bits per heavy atom. The summed E-state index contributed by atoms with van der Waals surface area (Å²) in [6, 6.07) is 10.6. The van der Waals surface area contributed by atoms with Crippen molar-refractivity contribution in [1.29, 1.82) is 0 Å². The molecule has 2 aliphatic rings. The Hall–Kier alpha value is -1.35. The molecule has 3 heteroatoms. The molecule has 1 aromatic rings. The normalized spacial score (nSPS) is 21.2. The summed E-state index contributed by atoms with van der Waals surface area (Å²) in [5.41, 5.74) is 1.23. The van der Waals surface area contributed by atoms with E-state index in [0.29, 0.717) is 12.3 Å². The first-order chi connectivity index (χ1) is 11.3. The molecule has 1 saturated carbocycles. The van der Waals surface area contributed by atoms with Gasteiger partial charge in [0.25, 0.3) is 0 Å². The van der Waals surface area contributed by atoms with Crippen LogP contribution in [0.1, 0.15) is 63.0 Å². The SMILES string of the molecule is O=C(CC1CCCCC1)NC(CN1CCCC1)c1ccccc1. The molecule has 3 nitrogen and oxygen atoms in total. The Bertz CT molecular complexity index is 476. The van der Waals surface area contributed by atoms with E-state index >= 15 is 0 Å². The van der Waals surface area contributed by atoms with E-state index in [4.69, 9.17) is 0 Å². The fourth-order valence-electron chi connectivity index (χ4n) is 4.05. The van der Waals surface area contributed by atoms with Crippen molar-refractivity contribution in [3.63, 3.8) is 0 Å². The molecule has 0 radical (unpaired) electrons. The quantitative estimate of drug-likeness (QED) is 0.863. The molecule has 1 aliphatic carbocycles. The van der Waals surface area contributed by atoms with E-state index in [0.717, 1.165) is 6.54 Å². The van der Waals surface area contributed by atoms with Crippen molar-refractivity contribution in [1.82, 2.24) is 10.2 Å². The summed E-state index contributed by atoms with van der Waals surface area (Å²) >= 11 is 0. The lowest BCUT2D eigenvalue weighted by Crippen LogP contribution is -2.37. The molecule has 1 aromatic carbocycles. The summed E-state index contributed by atoms with van der Waals surface area (Å²) in [7, 11) is 0. The van der Waals surface area contributed by atoms with Crippen molar-refractivity contribution >= 4 is 5.91 Å². The lowest BCUT2D eigenvalue weighted by molar-refractivity contribution is -0.123. The minimum absolute atomic E-state index is 0.130. The molecule has 3 rings (SSSR count). The van der Waals surface area contributed by atoms with Crippen LogP contribution >= 0.6 is 0 Å². The van der Waals surface area contributed by atoms with Crippen LogP contribution in [-0.4, -0.2) is 30.4 Å². The first kappa shape index (κ1) is 16.5. The molecule has 1 unspecified atom stereocenters. The zero-order valence-corrected chi connectivity index (χ0v) is 14.2. The lowest BCUT2D eigenvalue weighted by atomic mass is 9.87. The molecular formula is C20H30N2O. The molecule has 1 saturated heterocycles. The zero-order chi connectivity index (χ0) is 15.9. The average molecular weight is 314 g/mol. The van der Waals surface area contributed by atoms with Gasteiger partial charge in [0.05, 0.1) is 6.04 Å². The molecule has 0 bridgehead atoms. The number of amides is 1. The Morgan fingerprint density at radius 1 is 1.04 bits per heavy atom. The van der Waals surface area contributed by atoms with Gasteiger partial charge >= 0.3 is 0 Å². The predicted molar refractivity (Wildman–Crippen MR) is 94.2 cm³/mol. The third-order valence-electron chi connectivity index (χ3n) is 5.38. The fourth-order valence-corrected chi connectivity index (χ4v) is 4.05. The van der Waals surface area contributed by atoms with Gasteiger partial charge in [-0.25, -0.2) is 0 Å². The molecule has 23 heavy (non-hydrogen) atoms. The second kappa shape index (κ2) is 8.49. The Kier molecular flexibility index (Phi) is 6.09. The fraction of sp³-hybridized carbons (Fsp3) is 0.650. The van der Waals surface area contributed by atoms with E-state index in [1.807, 2.05) is 6.07 Å². The van der Waals surface area contributed by atoms with E-state index in [1.54, 1.807) is 0 Å². The highest BCUT2D eigenvalue weighted by Crippen LogP contribution is 2.26. The first-order valence-corrected chi connectivity index (χ1v) is 9.38. The van der Waals surface area contributed by atoms with E-state index in [-0.39, 0.29) is 11.9 Å². The van der Waals surface area contributed by atoms with Gasteiger partial charge in [-0.15, -0.1) is 0 Å². The highest BCUT2D eigenvalue weighted by atomic mass is 16.1.